The summed E-state index contributed by atoms with van der Waals surface area (Å²) in [6.45, 7) is -0.0157. The van der Waals surface area contributed by atoms with Crippen molar-refractivity contribution in [3.8, 4) is 11.1 Å². The monoisotopic (exact) mass is 448 g/mol. The average molecular weight is 449 g/mol. The molecule has 0 spiro atoms. The van der Waals surface area contributed by atoms with Crippen LogP contribution in [0.25, 0.3) is 22.0 Å². The van der Waals surface area contributed by atoms with Crippen LogP contribution in [0, 0.1) is 5.41 Å². The van der Waals surface area contributed by atoms with E-state index in [1.807, 2.05) is 6.07 Å². The molecule has 1 amide bonds. The van der Waals surface area contributed by atoms with Gasteiger partial charge in [0, 0.05) is 16.6 Å². The summed E-state index contributed by atoms with van der Waals surface area (Å²) in [5.74, 6) is -0.331. The van der Waals surface area contributed by atoms with E-state index in [2.05, 4.69) is 10.4 Å². The van der Waals surface area contributed by atoms with Crippen LogP contribution in [0.5, 0.6) is 0 Å². The number of carbonyl (C=O) groups excluding carboxylic acids is 1. The first-order chi connectivity index (χ1) is 15.2. The first-order valence-electron chi connectivity index (χ1n) is 9.54. The van der Waals surface area contributed by atoms with Gasteiger partial charge >= 0.3 is 0 Å². The molecule has 6 N–H and O–H groups in total. The Morgan fingerprint density at radius 1 is 1.03 bits per heavy atom. The minimum Gasteiger partial charge on any atom is -0.384 e. The number of nitrogen functional groups attached to an aromatic ring is 1. The number of primary sulfonamides is 1. The number of amides is 1. The maximum atomic E-state index is 12.6. The zero-order valence-corrected chi connectivity index (χ0v) is 17.6. The summed E-state index contributed by atoms with van der Waals surface area (Å²) < 4.78 is 24.4. The maximum absolute atomic E-state index is 12.6. The quantitative estimate of drug-likeness (QED) is 0.263. The third kappa shape index (κ3) is 4.51. The Bertz CT molecular complexity index is 1440. The molecular formula is C22H20N6O3S. The predicted molar refractivity (Wildman–Crippen MR) is 123 cm³/mol. The van der Waals surface area contributed by atoms with Gasteiger partial charge in [-0.3, -0.25) is 14.9 Å². The molecule has 0 saturated carbocycles. The number of benzene rings is 3. The second kappa shape index (κ2) is 8.25. The van der Waals surface area contributed by atoms with Crippen molar-refractivity contribution in [1.29, 1.82) is 5.41 Å². The van der Waals surface area contributed by atoms with Crippen LogP contribution in [0.2, 0.25) is 0 Å². The lowest BCUT2D eigenvalue weighted by Gasteiger charge is -2.09. The molecule has 1 aromatic heterocycles. The predicted octanol–water partition coefficient (Wildman–Crippen LogP) is 2.27. The third-order valence-corrected chi connectivity index (χ3v) is 5.84. The van der Waals surface area contributed by atoms with Crippen molar-refractivity contribution < 1.29 is 13.2 Å². The molecule has 0 radical (unpaired) electrons. The number of anilines is 1. The number of sulfonamides is 1. The van der Waals surface area contributed by atoms with Crippen LogP contribution in [0.3, 0.4) is 0 Å². The van der Waals surface area contributed by atoms with Gasteiger partial charge < -0.3 is 11.1 Å². The zero-order valence-electron chi connectivity index (χ0n) is 16.8. The standard InChI is InChI=1S/C22H20N6O3S/c23-22(24)16-4-5-17-12-26-28(20(17)11-16)13-21(29)27-18-3-1-2-15(10-18)14-6-8-19(9-7-14)32(25,30)31/h1-12H,13H2,(H3,23,24)(H,27,29)(H2,25,30,31). The molecule has 0 aliphatic heterocycles. The Balaban J connectivity index is 1.52. The molecule has 1 heterocycles. The average Bonchev–Trinajstić information content (AvgIpc) is 3.15. The van der Waals surface area contributed by atoms with Gasteiger partial charge in [-0.25, -0.2) is 13.6 Å². The lowest BCUT2D eigenvalue weighted by Crippen LogP contribution is -2.19. The van der Waals surface area contributed by atoms with Gasteiger partial charge in [-0.1, -0.05) is 36.4 Å². The number of rotatable bonds is 6. The van der Waals surface area contributed by atoms with E-state index in [1.54, 1.807) is 59.4 Å². The minimum absolute atomic E-state index is 0.0157. The van der Waals surface area contributed by atoms with E-state index < -0.39 is 10.0 Å². The van der Waals surface area contributed by atoms with Crippen molar-refractivity contribution in [2.24, 2.45) is 10.9 Å². The molecule has 32 heavy (non-hydrogen) atoms. The number of hydrogen-bond donors (Lipinski definition) is 4. The number of aromatic nitrogens is 2. The topological polar surface area (TPSA) is 157 Å². The zero-order chi connectivity index (χ0) is 22.9. The van der Waals surface area contributed by atoms with E-state index in [0.29, 0.717) is 16.8 Å². The van der Waals surface area contributed by atoms with E-state index in [1.165, 1.54) is 12.1 Å². The minimum atomic E-state index is -3.76. The number of carbonyl (C=O) groups is 1. The number of fused-ring (bicyclic) bond motifs is 1. The fourth-order valence-electron chi connectivity index (χ4n) is 3.31. The van der Waals surface area contributed by atoms with E-state index in [4.69, 9.17) is 16.3 Å². The van der Waals surface area contributed by atoms with Gasteiger partial charge in [-0.15, -0.1) is 0 Å². The van der Waals surface area contributed by atoms with Gasteiger partial charge in [0.2, 0.25) is 15.9 Å². The molecule has 0 unspecified atom stereocenters. The lowest BCUT2D eigenvalue weighted by molar-refractivity contribution is -0.116. The lowest BCUT2D eigenvalue weighted by atomic mass is 10.1. The Hall–Kier alpha value is -4.02. The summed E-state index contributed by atoms with van der Waals surface area (Å²) in [7, 11) is -3.76. The van der Waals surface area contributed by atoms with Crippen molar-refractivity contribution in [2.45, 2.75) is 11.4 Å². The summed E-state index contributed by atoms with van der Waals surface area (Å²) in [5, 5.41) is 20.7. The van der Waals surface area contributed by atoms with Crippen LogP contribution in [0.15, 0.2) is 77.8 Å². The molecule has 0 atom stereocenters. The summed E-state index contributed by atoms with van der Waals surface area (Å²) in [5.41, 5.74) is 8.99. The fourth-order valence-corrected chi connectivity index (χ4v) is 3.83. The summed E-state index contributed by atoms with van der Waals surface area (Å²) in [6, 6.07) is 18.6. The summed E-state index contributed by atoms with van der Waals surface area (Å²) >= 11 is 0. The number of amidine groups is 1. The van der Waals surface area contributed by atoms with Crippen LogP contribution in [-0.2, 0) is 21.4 Å². The highest BCUT2D eigenvalue weighted by Crippen LogP contribution is 2.24. The van der Waals surface area contributed by atoms with Gasteiger partial charge in [-0.2, -0.15) is 5.10 Å². The highest BCUT2D eigenvalue weighted by Gasteiger charge is 2.11. The second-order valence-electron chi connectivity index (χ2n) is 7.19. The van der Waals surface area contributed by atoms with E-state index in [9.17, 15) is 13.2 Å². The van der Waals surface area contributed by atoms with Gasteiger partial charge in [-0.05, 0) is 41.5 Å². The highest BCUT2D eigenvalue weighted by molar-refractivity contribution is 7.89. The second-order valence-corrected chi connectivity index (χ2v) is 8.75. The van der Waals surface area contributed by atoms with Crippen LogP contribution < -0.4 is 16.2 Å². The number of hydrogen-bond acceptors (Lipinski definition) is 5. The smallest absolute Gasteiger partial charge is 0.246 e. The molecule has 0 bridgehead atoms. The molecule has 4 rings (SSSR count). The molecule has 0 fully saturated rings. The Morgan fingerprint density at radius 2 is 1.78 bits per heavy atom. The number of nitrogens with one attached hydrogen (secondary N) is 2. The van der Waals surface area contributed by atoms with Crippen molar-refractivity contribution in [3.63, 3.8) is 0 Å². The van der Waals surface area contributed by atoms with E-state index in [0.717, 1.165) is 16.5 Å². The molecule has 4 aromatic rings. The fraction of sp³-hybridized carbons (Fsp3) is 0.0455. The Kier molecular flexibility index (Phi) is 5.47. The number of nitrogens with zero attached hydrogens (tertiary/aromatic N) is 2. The van der Waals surface area contributed by atoms with Gasteiger partial charge in [0.15, 0.2) is 0 Å². The summed E-state index contributed by atoms with van der Waals surface area (Å²) in [6.07, 6.45) is 1.65. The molecule has 9 nitrogen and oxygen atoms in total. The first-order valence-corrected chi connectivity index (χ1v) is 11.1. The molecular weight excluding hydrogens is 428 g/mol. The van der Waals surface area contributed by atoms with Crippen LogP contribution in [0.1, 0.15) is 5.56 Å². The molecule has 3 aromatic carbocycles. The largest absolute Gasteiger partial charge is 0.384 e. The van der Waals surface area contributed by atoms with Gasteiger partial charge in [0.1, 0.15) is 12.4 Å². The summed E-state index contributed by atoms with van der Waals surface area (Å²) in [4.78, 5) is 12.7. The SMILES string of the molecule is N=C(N)c1ccc2cnn(CC(=O)Nc3cccc(-c4ccc(S(N)(=O)=O)cc4)c3)c2c1. The van der Waals surface area contributed by atoms with Crippen LogP contribution in [0.4, 0.5) is 5.69 Å². The highest BCUT2D eigenvalue weighted by atomic mass is 32.2. The van der Waals surface area contributed by atoms with Crippen molar-refractivity contribution in [3.05, 3.63) is 78.5 Å². The van der Waals surface area contributed by atoms with Gasteiger partial charge in [0.05, 0.1) is 16.6 Å². The van der Waals surface area contributed by atoms with E-state index >= 15 is 0 Å². The van der Waals surface area contributed by atoms with Crippen molar-refractivity contribution >= 4 is 38.4 Å². The molecule has 0 saturated heterocycles. The number of nitrogens with two attached hydrogens (primary N) is 2. The Labute approximate surface area is 184 Å². The van der Waals surface area contributed by atoms with E-state index in [-0.39, 0.29) is 23.2 Å². The first kappa shape index (κ1) is 21.2. The van der Waals surface area contributed by atoms with Crippen molar-refractivity contribution in [2.75, 3.05) is 5.32 Å². The van der Waals surface area contributed by atoms with Gasteiger partial charge in [0.25, 0.3) is 0 Å². The van der Waals surface area contributed by atoms with Crippen LogP contribution >= 0.6 is 0 Å². The molecule has 10 heteroatoms. The van der Waals surface area contributed by atoms with Crippen LogP contribution in [-0.4, -0.2) is 29.9 Å². The Morgan fingerprint density at radius 3 is 2.47 bits per heavy atom. The molecule has 0 aliphatic carbocycles. The van der Waals surface area contributed by atoms with Crippen molar-refractivity contribution in [1.82, 2.24) is 9.78 Å². The normalized spacial score (nSPS) is 11.4. The molecule has 0 aliphatic rings. The maximum Gasteiger partial charge on any atom is 0.246 e. The molecule has 162 valence electrons. The third-order valence-electron chi connectivity index (χ3n) is 4.91.